The van der Waals surface area contributed by atoms with E-state index in [4.69, 9.17) is 9.47 Å². The Balaban J connectivity index is 1.37. The van der Waals surface area contributed by atoms with Crippen LogP contribution < -0.4 is 9.04 Å². The fourth-order valence-electron chi connectivity index (χ4n) is 3.83. The van der Waals surface area contributed by atoms with Gasteiger partial charge in [0.05, 0.1) is 17.5 Å². The molecule has 3 aromatic rings. The molecule has 0 radical (unpaired) electrons. The van der Waals surface area contributed by atoms with E-state index in [-0.39, 0.29) is 11.3 Å². The van der Waals surface area contributed by atoms with Gasteiger partial charge in [0, 0.05) is 12.1 Å². The summed E-state index contributed by atoms with van der Waals surface area (Å²) in [4.78, 5) is 25.1. The van der Waals surface area contributed by atoms with Crippen LogP contribution in [-0.2, 0) is 27.8 Å². The summed E-state index contributed by atoms with van der Waals surface area (Å²) >= 11 is 0. The molecule has 0 N–H and O–H groups in total. The lowest BCUT2D eigenvalue weighted by Gasteiger charge is -2.29. The average Bonchev–Trinajstić information content (AvgIpc) is 2.85. The Kier molecular flexibility index (Phi) is 6.98. The van der Waals surface area contributed by atoms with Crippen molar-refractivity contribution in [3.05, 3.63) is 95.1 Å². The average molecular weight is 480 g/mol. The molecule has 3 aromatic carbocycles. The highest BCUT2D eigenvalue weighted by molar-refractivity contribution is 7.92. The molecule has 0 aliphatic carbocycles. The number of Topliss-reactive ketones (excluding diaryl/α,β-unsaturated/α-hetero) is 1. The van der Waals surface area contributed by atoms with Gasteiger partial charge < -0.3 is 9.47 Å². The van der Waals surface area contributed by atoms with Crippen molar-refractivity contribution in [1.82, 2.24) is 0 Å². The van der Waals surface area contributed by atoms with Crippen LogP contribution in [0, 0.1) is 0 Å². The van der Waals surface area contributed by atoms with Gasteiger partial charge >= 0.3 is 5.97 Å². The van der Waals surface area contributed by atoms with Crippen molar-refractivity contribution < 1.29 is 27.5 Å². The summed E-state index contributed by atoms with van der Waals surface area (Å²) in [5, 5.41) is 0. The second kappa shape index (κ2) is 10.1. The van der Waals surface area contributed by atoms with Gasteiger partial charge in [0.1, 0.15) is 12.4 Å². The maximum Gasteiger partial charge on any atom is 0.338 e. The van der Waals surface area contributed by atoms with E-state index in [9.17, 15) is 18.0 Å². The summed E-state index contributed by atoms with van der Waals surface area (Å²) in [6.45, 7) is 0.375. The number of ether oxygens (including phenoxy) is 2. The molecule has 0 atom stereocenters. The van der Waals surface area contributed by atoms with Gasteiger partial charge in [-0.1, -0.05) is 36.4 Å². The number of aryl methyl sites for hydroxylation is 1. The molecule has 7 nitrogen and oxygen atoms in total. The third-order valence-electron chi connectivity index (χ3n) is 5.53. The predicted octanol–water partition coefficient (Wildman–Crippen LogP) is 4.02. The fourth-order valence-corrected chi connectivity index (χ4v) is 4.83. The Morgan fingerprint density at radius 2 is 1.74 bits per heavy atom. The third kappa shape index (κ3) is 5.63. The first-order valence-electron chi connectivity index (χ1n) is 10.9. The van der Waals surface area contributed by atoms with Crippen LogP contribution in [0.25, 0.3) is 0 Å². The van der Waals surface area contributed by atoms with E-state index in [2.05, 4.69) is 0 Å². The molecule has 34 heavy (non-hydrogen) atoms. The topological polar surface area (TPSA) is 90.0 Å². The van der Waals surface area contributed by atoms with Crippen molar-refractivity contribution in [2.24, 2.45) is 0 Å². The number of nitrogens with zero attached hydrogens (tertiary/aromatic N) is 1. The SMILES string of the molecule is CS(=O)(=O)N1CCCc2cc(C(=O)COC(=O)c3cccc(OCc4ccccc4)c3)ccc21. The first-order valence-corrected chi connectivity index (χ1v) is 12.7. The van der Waals surface area contributed by atoms with E-state index in [0.29, 0.717) is 43.0 Å². The standard InChI is InChI=1S/C26H25NO6S/c1-34(30,31)27-14-6-10-20-15-21(12-13-24(20)27)25(28)18-33-26(29)22-9-5-11-23(16-22)32-17-19-7-3-2-4-8-19/h2-5,7-9,11-13,15-16H,6,10,14,17-18H2,1H3. The van der Waals surface area contributed by atoms with Crippen molar-refractivity contribution in [2.75, 3.05) is 23.7 Å². The highest BCUT2D eigenvalue weighted by Crippen LogP contribution is 2.30. The van der Waals surface area contributed by atoms with Crippen molar-refractivity contribution in [3.8, 4) is 5.75 Å². The number of benzene rings is 3. The number of carbonyl (C=O) groups is 2. The van der Waals surface area contributed by atoms with Gasteiger partial charge in [-0.05, 0) is 60.4 Å². The summed E-state index contributed by atoms with van der Waals surface area (Å²) < 4.78 is 36.3. The minimum Gasteiger partial charge on any atom is -0.489 e. The molecule has 8 heteroatoms. The minimum atomic E-state index is -3.38. The summed E-state index contributed by atoms with van der Waals surface area (Å²) in [6.07, 6.45) is 2.52. The Hall–Kier alpha value is -3.65. The molecule has 0 saturated carbocycles. The first-order chi connectivity index (χ1) is 16.3. The van der Waals surface area contributed by atoms with Gasteiger partial charge in [0.25, 0.3) is 0 Å². The Morgan fingerprint density at radius 1 is 0.941 bits per heavy atom. The van der Waals surface area contributed by atoms with E-state index in [0.717, 1.165) is 11.1 Å². The van der Waals surface area contributed by atoms with Crippen LogP contribution in [0.4, 0.5) is 5.69 Å². The molecule has 0 aromatic heterocycles. The van der Waals surface area contributed by atoms with Crippen LogP contribution in [0.15, 0.2) is 72.8 Å². The molecule has 176 valence electrons. The lowest BCUT2D eigenvalue weighted by Crippen LogP contribution is -2.34. The number of fused-ring (bicyclic) bond motifs is 1. The zero-order valence-corrected chi connectivity index (χ0v) is 19.6. The maximum absolute atomic E-state index is 12.6. The molecular formula is C26H25NO6S. The number of hydrogen-bond acceptors (Lipinski definition) is 6. The molecule has 0 bridgehead atoms. The number of hydrogen-bond donors (Lipinski definition) is 0. The van der Waals surface area contributed by atoms with Crippen LogP contribution in [0.3, 0.4) is 0 Å². The van der Waals surface area contributed by atoms with Crippen LogP contribution >= 0.6 is 0 Å². The molecule has 0 fully saturated rings. The van der Waals surface area contributed by atoms with Gasteiger partial charge in [-0.25, -0.2) is 13.2 Å². The van der Waals surface area contributed by atoms with Gasteiger partial charge in [0.2, 0.25) is 10.0 Å². The Bertz CT molecular complexity index is 1300. The molecule has 1 aliphatic rings. The second-order valence-corrected chi connectivity index (χ2v) is 9.99. The number of esters is 1. The molecule has 1 aliphatic heterocycles. The zero-order valence-electron chi connectivity index (χ0n) is 18.8. The summed E-state index contributed by atoms with van der Waals surface area (Å²) in [5.74, 6) is -0.460. The smallest absolute Gasteiger partial charge is 0.338 e. The number of sulfonamides is 1. The molecule has 0 saturated heterocycles. The van der Waals surface area contributed by atoms with Crippen LogP contribution in [-0.4, -0.2) is 39.6 Å². The Morgan fingerprint density at radius 3 is 2.50 bits per heavy atom. The van der Waals surface area contributed by atoms with E-state index >= 15 is 0 Å². The van der Waals surface area contributed by atoms with Crippen molar-refractivity contribution in [1.29, 1.82) is 0 Å². The quantitative estimate of drug-likeness (QED) is 0.358. The van der Waals surface area contributed by atoms with Crippen LogP contribution in [0.5, 0.6) is 5.75 Å². The summed E-state index contributed by atoms with van der Waals surface area (Å²) in [5.41, 5.74) is 3.05. The number of rotatable bonds is 8. The van der Waals surface area contributed by atoms with Crippen molar-refractivity contribution in [2.45, 2.75) is 19.4 Å². The first kappa shape index (κ1) is 23.5. The Labute approximate surface area is 199 Å². The van der Waals surface area contributed by atoms with E-state index in [1.807, 2.05) is 30.3 Å². The highest BCUT2D eigenvalue weighted by Gasteiger charge is 2.25. The van der Waals surface area contributed by atoms with Gasteiger partial charge in [-0.3, -0.25) is 9.10 Å². The van der Waals surface area contributed by atoms with E-state index in [1.165, 1.54) is 10.6 Å². The van der Waals surface area contributed by atoms with Crippen molar-refractivity contribution >= 4 is 27.5 Å². The lowest BCUT2D eigenvalue weighted by molar-refractivity contribution is 0.0474. The number of ketones is 1. The minimum absolute atomic E-state index is 0.285. The zero-order chi connectivity index (χ0) is 24.1. The molecule has 0 spiro atoms. The summed E-state index contributed by atoms with van der Waals surface area (Å²) in [7, 11) is -3.38. The molecule has 1 heterocycles. The van der Waals surface area contributed by atoms with E-state index < -0.39 is 22.6 Å². The normalized spacial score (nSPS) is 13.1. The molecular weight excluding hydrogens is 454 g/mol. The van der Waals surface area contributed by atoms with Gasteiger partial charge in [-0.15, -0.1) is 0 Å². The lowest BCUT2D eigenvalue weighted by atomic mass is 9.99. The predicted molar refractivity (Wildman–Crippen MR) is 129 cm³/mol. The largest absolute Gasteiger partial charge is 0.489 e. The molecule has 0 amide bonds. The highest BCUT2D eigenvalue weighted by atomic mass is 32.2. The number of carbonyl (C=O) groups excluding carboxylic acids is 2. The summed E-state index contributed by atoms with van der Waals surface area (Å²) in [6, 6.07) is 21.2. The van der Waals surface area contributed by atoms with Gasteiger partial charge in [-0.2, -0.15) is 0 Å². The van der Waals surface area contributed by atoms with Crippen LogP contribution in [0.2, 0.25) is 0 Å². The number of anilines is 1. The molecule has 0 unspecified atom stereocenters. The van der Waals surface area contributed by atoms with E-state index in [1.54, 1.807) is 42.5 Å². The van der Waals surface area contributed by atoms with Crippen LogP contribution in [0.1, 0.15) is 38.3 Å². The molecule has 4 rings (SSSR count). The van der Waals surface area contributed by atoms with Crippen molar-refractivity contribution in [3.63, 3.8) is 0 Å². The monoisotopic (exact) mass is 479 g/mol. The van der Waals surface area contributed by atoms with Gasteiger partial charge in [0.15, 0.2) is 12.4 Å². The second-order valence-electron chi connectivity index (χ2n) is 8.08. The maximum atomic E-state index is 12.6. The third-order valence-corrected chi connectivity index (χ3v) is 6.71. The fraction of sp³-hybridized carbons (Fsp3) is 0.231.